The molecule has 1 aliphatic heterocycles. The standard InChI is InChI=1S/C16H13ClN2O4/c17-11-3-1-2-4-12(11)19-15(20)8-18-16(21)10-5-6-13-14(7-10)23-9-22-13/h1-7H,8-9H2,(H,18,21)(H,19,20). The van der Waals surface area contributed by atoms with Crippen LogP contribution in [0.15, 0.2) is 42.5 Å². The van der Waals surface area contributed by atoms with Crippen molar-refractivity contribution in [1.82, 2.24) is 5.32 Å². The van der Waals surface area contributed by atoms with Gasteiger partial charge in [0.05, 0.1) is 17.3 Å². The number of ether oxygens (including phenoxy) is 2. The second kappa shape index (κ2) is 6.58. The van der Waals surface area contributed by atoms with Gasteiger partial charge >= 0.3 is 0 Å². The number of carbonyl (C=O) groups is 2. The largest absolute Gasteiger partial charge is 0.454 e. The zero-order valence-electron chi connectivity index (χ0n) is 12.0. The van der Waals surface area contributed by atoms with Crippen molar-refractivity contribution in [3.8, 4) is 11.5 Å². The summed E-state index contributed by atoms with van der Waals surface area (Å²) >= 11 is 5.95. The van der Waals surface area contributed by atoms with E-state index < -0.39 is 0 Å². The summed E-state index contributed by atoms with van der Waals surface area (Å²) < 4.78 is 10.4. The third-order valence-electron chi connectivity index (χ3n) is 3.19. The maximum atomic E-state index is 12.1. The van der Waals surface area contributed by atoms with E-state index in [0.717, 1.165) is 0 Å². The minimum absolute atomic E-state index is 0.140. The number of nitrogens with one attached hydrogen (secondary N) is 2. The third kappa shape index (κ3) is 3.54. The maximum absolute atomic E-state index is 12.1. The molecule has 0 saturated heterocycles. The van der Waals surface area contributed by atoms with Gasteiger partial charge in [0.15, 0.2) is 11.5 Å². The SMILES string of the molecule is O=C(CNC(=O)c1ccc2c(c1)OCO2)Nc1ccccc1Cl. The van der Waals surface area contributed by atoms with Crippen LogP contribution in [0.4, 0.5) is 5.69 Å². The van der Waals surface area contributed by atoms with E-state index in [2.05, 4.69) is 10.6 Å². The van der Waals surface area contributed by atoms with Crippen molar-refractivity contribution in [3.63, 3.8) is 0 Å². The van der Waals surface area contributed by atoms with E-state index in [4.69, 9.17) is 21.1 Å². The van der Waals surface area contributed by atoms with E-state index >= 15 is 0 Å². The van der Waals surface area contributed by atoms with Crippen molar-refractivity contribution in [3.05, 3.63) is 53.1 Å². The van der Waals surface area contributed by atoms with Gasteiger partial charge in [-0.15, -0.1) is 0 Å². The molecule has 0 fully saturated rings. The number of anilines is 1. The molecule has 2 amide bonds. The summed E-state index contributed by atoms with van der Waals surface area (Å²) in [5.41, 5.74) is 0.885. The number of fused-ring (bicyclic) bond motifs is 1. The lowest BCUT2D eigenvalue weighted by Crippen LogP contribution is -2.32. The van der Waals surface area contributed by atoms with Crippen LogP contribution in [-0.2, 0) is 4.79 Å². The molecule has 7 heteroatoms. The highest BCUT2D eigenvalue weighted by Crippen LogP contribution is 2.32. The first-order valence-corrected chi connectivity index (χ1v) is 7.23. The van der Waals surface area contributed by atoms with Gasteiger partial charge in [-0.05, 0) is 30.3 Å². The molecule has 0 aliphatic carbocycles. The molecule has 0 bridgehead atoms. The fourth-order valence-corrected chi connectivity index (χ4v) is 2.24. The number of hydrogen-bond acceptors (Lipinski definition) is 4. The molecule has 118 valence electrons. The van der Waals surface area contributed by atoms with Crippen molar-refractivity contribution in [1.29, 1.82) is 0 Å². The van der Waals surface area contributed by atoms with Crippen LogP contribution < -0.4 is 20.1 Å². The summed E-state index contributed by atoms with van der Waals surface area (Å²) in [6.07, 6.45) is 0. The maximum Gasteiger partial charge on any atom is 0.251 e. The summed E-state index contributed by atoms with van der Waals surface area (Å²) in [6, 6.07) is 11.7. The minimum atomic E-state index is -0.377. The molecule has 0 atom stereocenters. The third-order valence-corrected chi connectivity index (χ3v) is 3.52. The van der Waals surface area contributed by atoms with Crippen molar-refractivity contribution in [2.75, 3.05) is 18.7 Å². The van der Waals surface area contributed by atoms with Crippen LogP contribution in [0.5, 0.6) is 11.5 Å². The molecule has 23 heavy (non-hydrogen) atoms. The predicted octanol–water partition coefficient (Wildman–Crippen LogP) is 2.44. The molecule has 1 heterocycles. The quantitative estimate of drug-likeness (QED) is 0.901. The Kier molecular flexibility index (Phi) is 4.34. The van der Waals surface area contributed by atoms with Gasteiger partial charge < -0.3 is 20.1 Å². The summed E-state index contributed by atoms with van der Waals surface area (Å²) in [5, 5.41) is 5.60. The van der Waals surface area contributed by atoms with Crippen molar-refractivity contribution in [2.45, 2.75) is 0 Å². The highest BCUT2D eigenvalue weighted by Gasteiger charge is 2.16. The van der Waals surface area contributed by atoms with Gasteiger partial charge in [0, 0.05) is 5.56 Å². The molecule has 1 aliphatic rings. The van der Waals surface area contributed by atoms with Crippen molar-refractivity contribution >= 4 is 29.1 Å². The molecule has 3 rings (SSSR count). The zero-order valence-corrected chi connectivity index (χ0v) is 12.7. The predicted molar refractivity (Wildman–Crippen MR) is 85.0 cm³/mol. The molecular weight excluding hydrogens is 320 g/mol. The Morgan fingerprint density at radius 1 is 1.09 bits per heavy atom. The van der Waals surface area contributed by atoms with E-state index in [9.17, 15) is 9.59 Å². The second-order valence-electron chi connectivity index (χ2n) is 4.78. The Balaban J connectivity index is 1.56. The number of rotatable bonds is 4. The first-order valence-electron chi connectivity index (χ1n) is 6.86. The topological polar surface area (TPSA) is 76.7 Å². The van der Waals surface area contributed by atoms with E-state index in [-0.39, 0.29) is 25.2 Å². The Labute approximate surface area is 137 Å². The zero-order chi connectivity index (χ0) is 16.2. The molecule has 0 spiro atoms. The fourth-order valence-electron chi connectivity index (χ4n) is 2.06. The Morgan fingerprint density at radius 3 is 2.70 bits per heavy atom. The summed E-state index contributed by atoms with van der Waals surface area (Å²) in [4.78, 5) is 23.9. The molecular formula is C16H13ClN2O4. The van der Waals surface area contributed by atoms with Gasteiger partial charge in [-0.3, -0.25) is 9.59 Å². The molecule has 0 radical (unpaired) electrons. The normalized spacial score (nSPS) is 11.9. The lowest BCUT2D eigenvalue weighted by atomic mass is 10.2. The molecule has 0 aromatic heterocycles. The molecule has 2 aromatic carbocycles. The lowest BCUT2D eigenvalue weighted by molar-refractivity contribution is -0.115. The van der Waals surface area contributed by atoms with Gasteiger partial charge in [0.2, 0.25) is 12.7 Å². The summed E-state index contributed by atoms with van der Waals surface area (Å²) in [7, 11) is 0. The van der Waals surface area contributed by atoms with Crippen LogP contribution in [0, 0.1) is 0 Å². The molecule has 0 saturated carbocycles. The average molecular weight is 333 g/mol. The van der Waals surface area contributed by atoms with Gasteiger partial charge in [0.25, 0.3) is 5.91 Å². The molecule has 0 unspecified atom stereocenters. The van der Waals surface area contributed by atoms with Crippen molar-refractivity contribution < 1.29 is 19.1 Å². The Bertz CT molecular complexity index is 763. The van der Waals surface area contributed by atoms with Gasteiger partial charge in [-0.25, -0.2) is 0 Å². The number of amides is 2. The lowest BCUT2D eigenvalue weighted by Gasteiger charge is -2.08. The van der Waals surface area contributed by atoms with Crippen LogP contribution >= 0.6 is 11.6 Å². The van der Waals surface area contributed by atoms with Crippen LogP contribution in [0.1, 0.15) is 10.4 Å². The number of hydrogen-bond donors (Lipinski definition) is 2. The van der Waals surface area contributed by atoms with Crippen LogP contribution in [-0.4, -0.2) is 25.2 Å². The average Bonchev–Trinajstić information content (AvgIpc) is 3.02. The smallest absolute Gasteiger partial charge is 0.251 e. The van der Waals surface area contributed by atoms with E-state index in [1.807, 2.05) is 0 Å². The molecule has 6 nitrogen and oxygen atoms in total. The number of para-hydroxylation sites is 1. The van der Waals surface area contributed by atoms with Gasteiger partial charge in [-0.2, -0.15) is 0 Å². The Morgan fingerprint density at radius 2 is 1.87 bits per heavy atom. The van der Waals surface area contributed by atoms with Gasteiger partial charge in [-0.1, -0.05) is 23.7 Å². The Hall–Kier alpha value is -2.73. The molecule has 2 N–H and O–H groups in total. The van der Waals surface area contributed by atoms with Gasteiger partial charge in [0.1, 0.15) is 0 Å². The first-order chi connectivity index (χ1) is 11.1. The highest BCUT2D eigenvalue weighted by atomic mass is 35.5. The second-order valence-corrected chi connectivity index (χ2v) is 5.19. The monoisotopic (exact) mass is 332 g/mol. The summed E-state index contributed by atoms with van der Waals surface area (Å²) in [6.45, 7) is -0.0286. The van der Waals surface area contributed by atoms with E-state index in [0.29, 0.717) is 27.8 Å². The number of benzene rings is 2. The first kappa shape index (κ1) is 15.2. The highest BCUT2D eigenvalue weighted by molar-refractivity contribution is 6.33. The fraction of sp³-hybridized carbons (Fsp3) is 0.125. The molecule has 2 aromatic rings. The van der Waals surface area contributed by atoms with E-state index in [1.54, 1.807) is 42.5 Å². The minimum Gasteiger partial charge on any atom is -0.454 e. The van der Waals surface area contributed by atoms with Crippen LogP contribution in [0.2, 0.25) is 5.02 Å². The number of carbonyl (C=O) groups excluding carboxylic acids is 2. The van der Waals surface area contributed by atoms with Crippen molar-refractivity contribution in [2.24, 2.45) is 0 Å². The van der Waals surface area contributed by atoms with E-state index in [1.165, 1.54) is 0 Å². The van der Waals surface area contributed by atoms with Crippen LogP contribution in [0.3, 0.4) is 0 Å². The van der Waals surface area contributed by atoms with Crippen LogP contribution in [0.25, 0.3) is 0 Å². The summed E-state index contributed by atoms with van der Waals surface area (Å²) in [5.74, 6) is 0.362. The number of halogens is 1.